The van der Waals surface area contributed by atoms with Crippen LogP contribution in [-0.2, 0) is 0 Å². The number of likely N-dealkylation sites (N-methyl/N-ethyl adjacent to an activating group) is 1. The molecule has 0 radical (unpaired) electrons. The van der Waals surface area contributed by atoms with Gasteiger partial charge in [-0.05, 0) is 37.6 Å². The lowest BCUT2D eigenvalue weighted by Crippen LogP contribution is -2.38. The second-order valence-corrected chi connectivity index (χ2v) is 5.86. The zero-order valence-corrected chi connectivity index (χ0v) is 12.4. The van der Waals surface area contributed by atoms with Crippen molar-refractivity contribution in [1.82, 2.24) is 4.90 Å². The van der Waals surface area contributed by atoms with E-state index in [1.807, 2.05) is 7.05 Å². The molecule has 1 aromatic carbocycles. The predicted molar refractivity (Wildman–Crippen MR) is 77.4 cm³/mol. The van der Waals surface area contributed by atoms with Gasteiger partial charge in [0.15, 0.2) is 17.5 Å². The molecule has 1 aromatic rings. The number of hydrogen-bond acceptors (Lipinski definition) is 2. The van der Waals surface area contributed by atoms with E-state index in [1.165, 1.54) is 25.7 Å². The van der Waals surface area contributed by atoms with Crippen LogP contribution in [0.4, 0.5) is 13.2 Å². The SMILES string of the molecule is CN(C1CCCCCC1)C(CN)c1cc(F)c(F)c(F)c1. The first-order valence-corrected chi connectivity index (χ1v) is 7.61. The molecule has 21 heavy (non-hydrogen) atoms. The first-order chi connectivity index (χ1) is 10.0. The molecule has 2 N–H and O–H groups in total. The number of nitrogens with zero attached hydrogens (tertiary/aromatic N) is 1. The summed E-state index contributed by atoms with van der Waals surface area (Å²) in [7, 11) is 1.94. The second-order valence-electron chi connectivity index (χ2n) is 5.86. The molecule has 1 aliphatic rings. The van der Waals surface area contributed by atoms with Gasteiger partial charge in [-0.2, -0.15) is 0 Å². The topological polar surface area (TPSA) is 29.3 Å². The Morgan fingerprint density at radius 3 is 2.10 bits per heavy atom. The average molecular weight is 300 g/mol. The third-order valence-corrected chi connectivity index (χ3v) is 4.51. The van der Waals surface area contributed by atoms with E-state index < -0.39 is 17.5 Å². The van der Waals surface area contributed by atoms with Gasteiger partial charge >= 0.3 is 0 Å². The monoisotopic (exact) mass is 300 g/mol. The van der Waals surface area contributed by atoms with Crippen LogP contribution >= 0.6 is 0 Å². The van der Waals surface area contributed by atoms with Gasteiger partial charge in [0.1, 0.15) is 0 Å². The van der Waals surface area contributed by atoms with Gasteiger partial charge in [0.25, 0.3) is 0 Å². The van der Waals surface area contributed by atoms with E-state index in [9.17, 15) is 13.2 Å². The van der Waals surface area contributed by atoms with Crippen molar-refractivity contribution in [3.8, 4) is 0 Å². The fraction of sp³-hybridized carbons (Fsp3) is 0.625. The van der Waals surface area contributed by atoms with Crippen molar-refractivity contribution in [2.24, 2.45) is 5.73 Å². The summed E-state index contributed by atoms with van der Waals surface area (Å²) in [6, 6.07) is 2.18. The van der Waals surface area contributed by atoms with Crippen LogP contribution in [0.25, 0.3) is 0 Å². The van der Waals surface area contributed by atoms with Crippen LogP contribution in [0.5, 0.6) is 0 Å². The third kappa shape index (κ3) is 3.77. The standard InChI is InChI=1S/C16H23F3N2/c1-21(12-6-4-2-3-5-7-12)15(10-20)11-8-13(17)16(19)14(18)9-11/h8-9,12,15H,2-7,10,20H2,1H3. The number of halogens is 3. The van der Waals surface area contributed by atoms with Crippen molar-refractivity contribution < 1.29 is 13.2 Å². The third-order valence-electron chi connectivity index (χ3n) is 4.51. The quantitative estimate of drug-likeness (QED) is 0.677. The van der Waals surface area contributed by atoms with Gasteiger partial charge in [0, 0.05) is 18.6 Å². The molecule has 1 saturated carbocycles. The smallest absolute Gasteiger partial charge is 0.194 e. The van der Waals surface area contributed by atoms with E-state index in [-0.39, 0.29) is 12.6 Å². The lowest BCUT2D eigenvalue weighted by molar-refractivity contribution is 0.160. The van der Waals surface area contributed by atoms with Gasteiger partial charge in [0.05, 0.1) is 0 Å². The van der Waals surface area contributed by atoms with Gasteiger partial charge in [-0.25, -0.2) is 13.2 Å². The average Bonchev–Trinajstić information content (AvgIpc) is 2.74. The molecule has 0 heterocycles. The Labute approximate surface area is 124 Å². The Kier molecular flexibility index (Phi) is 5.65. The molecular weight excluding hydrogens is 277 g/mol. The summed E-state index contributed by atoms with van der Waals surface area (Å²) in [6.07, 6.45) is 6.93. The highest BCUT2D eigenvalue weighted by atomic mass is 19.2. The molecule has 5 heteroatoms. The first-order valence-electron chi connectivity index (χ1n) is 7.61. The van der Waals surface area contributed by atoms with E-state index in [2.05, 4.69) is 4.90 Å². The first kappa shape index (κ1) is 16.3. The number of nitrogens with two attached hydrogens (primary N) is 1. The Balaban J connectivity index is 2.21. The van der Waals surface area contributed by atoms with Crippen LogP contribution < -0.4 is 5.73 Å². The van der Waals surface area contributed by atoms with Crippen LogP contribution in [0.15, 0.2) is 12.1 Å². The highest BCUT2D eigenvalue weighted by Crippen LogP contribution is 2.29. The summed E-state index contributed by atoms with van der Waals surface area (Å²) in [4.78, 5) is 2.09. The zero-order chi connectivity index (χ0) is 15.4. The molecule has 0 amide bonds. The van der Waals surface area contributed by atoms with Crippen LogP contribution in [0, 0.1) is 17.5 Å². The highest BCUT2D eigenvalue weighted by molar-refractivity contribution is 5.23. The number of benzene rings is 1. The van der Waals surface area contributed by atoms with Gasteiger partial charge in [-0.3, -0.25) is 4.90 Å². The van der Waals surface area contributed by atoms with Crippen LogP contribution in [-0.4, -0.2) is 24.5 Å². The molecule has 0 spiro atoms. The molecular formula is C16H23F3N2. The largest absolute Gasteiger partial charge is 0.329 e. The van der Waals surface area contributed by atoms with Gasteiger partial charge in [0.2, 0.25) is 0 Å². The van der Waals surface area contributed by atoms with Crippen LogP contribution in [0.3, 0.4) is 0 Å². The summed E-state index contributed by atoms with van der Waals surface area (Å²) in [5.74, 6) is -3.73. The van der Waals surface area contributed by atoms with Crippen LogP contribution in [0.1, 0.15) is 50.1 Å². The normalized spacial score (nSPS) is 18.8. The van der Waals surface area contributed by atoms with Gasteiger partial charge in [-0.15, -0.1) is 0 Å². The van der Waals surface area contributed by atoms with Crippen molar-refractivity contribution in [3.63, 3.8) is 0 Å². The van der Waals surface area contributed by atoms with E-state index in [1.54, 1.807) is 0 Å². The van der Waals surface area contributed by atoms with E-state index in [0.29, 0.717) is 11.6 Å². The second kappa shape index (κ2) is 7.27. The molecule has 1 atom stereocenters. The molecule has 2 nitrogen and oxygen atoms in total. The minimum Gasteiger partial charge on any atom is -0.329 e. The molecule has 1 aliphatic carbocycles. The van der Waals surface area contributed by atoms with E-state index >= 15 is 0 Å². The van der Waals surface area contributed by atoms with Crippen molar-refractivity contribution in [2.45, 2.75) is 50.6 Å². The zero-order valence-electron chi connectivity index (χ0n) is 12.4. The lowest BCUT2D eigenvalue weighted by atomic mass is 10.00. The summed E-state index contributed by atoms with van der Waals surface area (Å²) in [6.45, 7) is 0.248. The van der Waals surface area contributed by atoms with Gasteiger partial charge in [-0.1, -0.05) is 25.7 Å². The molecule has 0 saturated heterocycles. The molecule has 1 fully saturated rings. The highest BCUT2D eigenvalue weighted by Gasteiger charge is 2.25. The molecule has 118 valence electrons. The van der Waals surface area contributed by atoms with Crippen molar-refractivity contribution in [3.05, 3.63) is 35.1 Å². The maximum atomic E-state index is 13.4. The number of rotatable bonds is 4. The number of hydrogen-bond donors (Lipinski definition) is 1. The summed E-state index contributed by atoms with van der Waals surface area (Å²) in [5, 5.41) is 0. The Morgan fingerprint density at radius 1 is 1.10 bits per heavy atom. The Bertz CT molecular complexity index is 448. The van der Waals surface area contributed by atoms with Crippen molar-refractivity contribution in [2.75, 3.05) is 13.6 Å². The lowest BCUT2D eigenvalue weighted by Gasteiger charge is -2.34. The van der Waals surface area contributed by atoms with E-state index in [0.717, 1.165) is 25.0 Å². The van der Waals surface area contributed by atoms with Crippen molar-refractivity contribution >= 4 is 0 Å². The van der Waals surface area contributed by atoms with Crippen molar-refractivity contribution in [1.29, 1.82) is 0 Å². The molecule has 0 aromatic heterocycles. The molecule has 2 rings (SSSR count). The maximum Gasteiger partial charge on any atom is 0.194 e. The Morgan fingerprint density at radius 2 is 1.62 bits per heavy atom. The molecule has 1 unspecified atom stereocenters. The summed E-state index contributed by atoms with van der Waals surface area (Å²) in [5.41, 5.74) is 6.21. The predicted octanol–water partition coefficient (Wildman–Crippen LogP) is 3.76. The fourth-order valence-electron chi connectivity index (χ4n) is 3.22. The maximum absolute atomic E-state index is 13.4. The minimum absolute atomic E-state index is 0.248. The summed E-state index contributed by atoms with van der Waals surface area (Å²) >= 11 is 0. The Hall–Kier alpha value is -1.07. The fourth-order valence-corrected chi connectivity index (χ4v) is 3.22. The molecule has 0 aliphatic heterocycles. The van der Waals surface area contributed by atoms with E-state index in [4.69, 9.17) is 5.73 Å². The molecule has 0 bridgehead atoms. The summed E-state index contributed by atoms with van der Waals surface area (Å²) < 4.78 is 40.0. The minimum atomic E-state index is -1.42. The van der Waals surface area contributed by atoms with Gasteiger partial charge < -0.3 is 5.73 Å². The van der Waals surface area contributed by atoms with Crippen LogP contribution in [0.2, 0.25) is 0 Å².